The molecule has 32 heavy (non-hydrogen) atoms. The summed E-state index contributed by atoms with van der Waals surface area (Å²) >= 11 is 0. The van der Waals surface area contributed by atoms with Crippen LogP contribution in [-0.2, 0) is 42.3 Å². The standard InChI is InChI=1S/C25H29N4O2.Y/c1-16-8-13-22(17(2)14-16)29-23(18-6-4-3-5-7-18)15-21(28-29)25(31)27-20-11-9-19(10-12-20)24(26)30;/h4-8,13-14,19-20,23H,9-12,15H2,1-2H3,(H2,26,30)(H,27,31);/q-1;. The topological polar surface area (TPSA) is 87.8 Å². The zero-order valence-electron chi connectivity index (χ0n) is 18.7. The van der Waals surface area contributed by atoms with Crippen LogP contribution in [0.4, 0.5) is 5.69 Å². The van der Waals surface area contributed by atoms with Crippen molar-refractivity contribution in [1.29, 1.82) is 0 Å². The Morgan fingerprint density at radius 2 is 1.78 bits per heavy atom. The third-order valence-corrected chi connectivity index (χ3v) is 6.37. The molecule has 3 N–H and O–H groups in total. The average molecular weight is 506 g/mol. The second kappa shape index (κ2) is 10.7. The van der Waals surface area contributed by atoms with Gasteiger partial charge in [0.1, 0.15) is 5.71 Å². The number of nitrogens with two attached hydrogens (primary N) is 1. The van der Waals surface area contributed by atoms with Crippen molar-refractivity contribution in [3.05, 3.63) is 65.2 Å². The van der Waals surface area contributed by atoms with Crippen molar-refractivity contribution in [2.24, 2.45) is 16.8 Å². The fourth-order valence-corrected chi connectivity index (χ4v) is 4.60. The van der Waals surface area contributed by atoms with Crippen LogP contribution in [0.3, 0.4) is 0 Å². The molecule has 1 heterocycles. The predicted molar refractivity (Wildman–Crippen MR) is 122 cm³/mol. The Hall–Kier alpha value is -2.05. The summed E-state index contributed by atoms with van der Waals surface area (Å²) in [6.45, 7) is 4.14. The Bertz CT molecular complexity index is 1000. The summed E-state index contributed by atoms with van der Waals surface area (Å²) in [6, 6.07) is 17.2. The van der Waals surface area contributed by atoms with E-state index in [1.54, 1.807) is 0 Å². The molecule has 0 saturated heterocycles. The molecule has 1 aliphatic heterocycles. The van der Waals surface area contributed by atoms with E-state index in [0.29, 0.717) is 12.1 Å². The number of benzene rings is 2. The number of rotatable bonds is 5. The fraction of sp³-hybridized carbons (Fsp3) is 0.400. The van der Waals surface area contributed by atoms with Gasteiger partial charge in [-0.2, -0.15) is 35.4 Å². The number of hydrazone groups is 1. The maximum atomic E-state index is 13.1. The van der Waals surface area contributed by atoms with E-state index >= 15 is 0 Å². The minimum atomic E-state index is -0.239. The van der Waals surface area contributed by atoms with Gasteiger partial charge in [-0.25, -0.2) is 0 Å². The number of carbonyl (C=O) groups excluding carboxylic acids is 2. The molecule has 1 radical (unpaired) electrons. The number of amides is 2. The van der Waals surface area contributed by atoms with E-state index in [4.69, 9.17) is 10.8 Å². The van der Waals surface area contributed by atoms with Gasteiger partial charge in [-0.15, -0.1) is 5.56 Å². The molecule has 2 aromatic carbocycles. The molecule has 1 unspecified atom stereocenters. The number of hydrogen-bond donors (Lipinski definition) is 2. The van der Waals surface area contributed by atoms with E-state index in [1.807, 2.05) is 29.3 Å². The van der Waals surface area contributed by atoms with E-state index < -0.39 is 0 Å². The van der Waals surface area contributed by atoms with Crippen LogP contribution in [0, 0.1) is 25.8 Å². The monoisotopic (exact) mass is 506 g/mol. The minimum Gasteiger partial charge on any atom is -0.369 e. The molecule has 1 atom stereocenters. The number of carbonyl (C=O) groups is 2. The first-order chi connectivity index (χ1) is 14.9. The van der Waals surface area contributed by atoms with Crippen LogP contribution in [0.5, 0.6) is 0 Å². The molecule has 1 aliphatic carbocycles. The number of nitrogens with one attached hydrogen (secondary N) is 1. The van der Waals surface area contributed by atoms with Gasteiger partial charge >= 0.3 is 0 Å². The Labute approximate surface area is 214 Å². The summed E-state index contributed by atoms with van der Waals surface area (Å²) in [5.41, 5.74) is 10.4. The average Bonchev–Trinajstić information content (AvgIpc) is 3.20. The van der Waals surface area contributed by atoms with E-state index in [1.165, 1.54) is 5.56 Å². The van der Waals surface area contributed by atoms with Crippen LogP contribution in [-0.4, -0.2) is 23.6 Å². The third-order valence-electron chi connectivity index (χ3n) is 6.37. The maximum absolute atomic E-state index is 13.1. The minimum absolute atomic E-state index is 0. The van der Waals surface area contributed by atoms with Gasteiger partial charge in [0.25, 0.3) is 5.91 Å². The molecule has 2 amide bonds. The predicted octanol–water partition coefficient (Wildman–Crippen LogP) is 3.57. The SMILES string of the molecule is Cc1ccc(N2N=C(C(=O)NC3CCC(C(N)=O)CC3)CC2c2cc[c-]cc2)c(C)c1.[Y]. The molecule has 0 aromatic heterocycles. The second-order valence-corrected chi connectivity index (χ2v) is 8.66. The van der Waals surface area contributed by atoms with Crippen LogP contribution < -0.4 is 16.1 Å². The third kappa shape index (κ3) is 5.47. The van der Waals surface area contributed by atoms with Crippen LogP contribution >= 0.6 is 0 Å². The van der Waals surface area contributed by atoms with Crippen LogP contribution in [0.25, 0.3) is 0 Å². The molecule has 2 aromatic rings. The van der Waals surface area contributed by atoms with Crippen LogP contribution in [0.1, 0.15) is 54.8 Å². The molecule has 0 bridgehead atoms. The molecule has 0 spiro atoms. The van der Waals surface area contributed by atoms with Gasteiger partial charge in [0, 0.05) is 51.1 Å². The van der Waals surface area contributed by atoms with Crippen LogP contribution in [0.2, 0.25) is 0 Å². The van der Waals surface area contributed by atoms with Crippen molar-refractivity contribution in [1.82, 2.24) is 5.32 Å². The second-order valence-electron chi connectivity index (χ2n) is 8.66. The van der Waals surface area contributed by atoms with Crippen molar-refractivity contribution in [3.63, 3.8) is 0 Å². The molecule has 165 valence electrons. The molecule has 7 heteroatoms. The molecule has 2 aliphatic rings. The molecule has 6 nitrogen and oxygen atoms in total. The van der Waals surface area contributed by atoms with E-state index in [-0.39, 0.29) is 62.5 Å². The van der Waals surface area contributed by atoms with Gasteiger partial charge < -0.3 is 11.1 Å². The van der Waals surface area contributed by atoms with Gasteiger partial charge in [0.2, 0.25) is 5.91 Å². The van der Waals surface area contributed by atoms with E-state index in [0.717, 1.165) is 42.5 Å². The van der Waals surface area contributed by atoms with Crippen molar-refractivity contribution >= 4 is 23.2 Å². The molecular weight excluding hydrogens is 477 g/mol. The zero-order chi connectivity index (χ0) is 22.0. The maximum Gasteiger partial charge on any atom is 0.267 e. The first-order valence-electron chi connectivity index (χ1n) is 10.9. The quantitative estimate of drug-likeness (QED) is 0.608. The number of nitrogens with zero attached hydrogens (tertiary/aromatic N) is 2. The van der Waals surface area contributed by atoms with Gasteiger partial charge in [-0.05, 0) is 51.2 Å². The summed E-state index contributed by atoms with van der Waals surface area (Å²) < 4.78 is 0. The number of hydrogen-bond acceptors (Lipinski definition) is 4. The zero-order valence-corrected chi connectivity index (χ0v) is 21.5. The molecule has 1 fully saturated rings. The fourth-order valence-electron chi connectivity index (χ4n) is 4.60. The Morgan fingerprint density at radius 3 is 2.41 bits per heavy atom. The van der Waals surface area contributed by atoms with E-state index in [9.17, 15) is 9.59 Å². The Balaban J connectivity index is 0.00000289. The molecular formula is C25H29N4O2Y-. The van der Waals surface area contributed by atoms with Gasteiger partial charge in [-0.1, -0.05) is 17.7 Å². The normalized spacial score (nSPS) is 22.6. The Kier molecular flexibility index (Phi) is 8.23. The van der Waals surface area contributed by atoms with Gasteiger partial charge in [-0.3, -0.25) is 14.6 Å². The van der Waals surface area contributed by atoms with Crippen molar-refractivity contribution in [2.45, 2.75) is 58.0 Å². The van der Waals surface area contributed by atoms with Gasteiger partial charge in [0.05, 0.1) is 11.7 Å². The molecule has 4 rings (SSSR count). The van der Waals surface area contributed by atoms with Crippen molar-refractivity contribution < 1.29 is 42.3 Å². The van der Waals surface area contributed by atoms with E-state index in [2.05, 4.69) is 43.4 Å². The van der Waals surface area contributed by atoms with Gasteiger partial charge in [0.15, 0.2) is 0 Å². The first-order valence-corrected chi connectivity index (χ1v) is 10.9. The number of anilines is 1. The first kappa shape index (κ1) is 24.6. The number of aryl methyl sites for hydroxylation is 2. The largest absolute Gasteiger partial charge is 0.369 e. The Morgan fingerprint density at radius 1 is 1.09 bits per heavy atom. The summed E-state index contributed by atoms with van der Waals surface area (Å²) in [7, 11) is 0. The summed E-state index contributed by atoms with van der Waals surface area (Å²) in [5, 5.41) is 9.88. The van der Waals surface area contributed by atoms with Crippen LogP contribution in [0.15, 0.2) is 47.6 Å². The number of primary amides is 1. The van der Waals surface area contributed by atoms with Crippen molar-refractivity contribution in [3.8, 4) is 0 Å². The molecule has 1 saturated carbocycles. The summed E-state index contributed by atoms with van der Waals surface area (Å²) in [4.78, 5) is 24.4. The summed E-state index contributed by atoms with van der Waals surface area (Å²) in [6.07, 6.45) is 3.53. The van der Waals surface area contributed by atoms with Crippen molar-refractivity contribution in [2.75, 3.05) is 5.01 Å². The smallest absolute Gasteiger partial charge is 0.267 e. The summed E-state index contributed by atoms with van der Waals surface area (Å²) in [5.74, 6) is -0.435.